The van der Waals surface area contributed by atoms with Crippen LogP contribution < -0.4 is 10.2 Å². The topological polar surface area (TPSA) is 66.8 Å². The fourth-order valence-corrected chi connectivity index (χ4v) is 3.54. The maximum Gasteiger partial charge on any atom is 0.202 e. The first-order valence-corrected chi connectivity index (χ1v) is 8.20. The molecule has 6 nitrogen and oxygen atoms in total. The lowest BCUT2D eigenvalue weighted by molar-refractivity contribution is 0.425. The van der Waals surface area contributed by atoms with Crippen LogP contribution in [0.3, 0.4) is 0 Å². The second-order valence-electron chi connectivity index (χ2n) is 5.83. The van der Waals surface area contributed by atoms with Crippen LogP contribution >= 0.6 is 11.5 Å². The van der Waals surface area contributed by atoms with E-state index in [0.717, 1.165) is 49.2 Å². The predicted octanol–water partition coefficient (Wildman–Crippen LogP) is 1.67. The molecule has 0 spiro atoms. The number of aromatic nitrogens is 4. The zero-order chi connectivity index (χ0) is 14.2. The molecule has 0 bridgehead atoms. The van der Waals surface area contributed by atoms with Crippen LogP contribution in [0.1, 0.15) is 23.5 Å². The van der Waals surface area contributed by atoms with E-state index in [9.17, 15) is 0 Å². The van der Waals surface area contributed by atoms with E-state index in [1.807, 2.05) is 6.92 Å². The van der Waals surface area contributed by atoms with E-state index in [4.69, 9.17) is 0 Å². The van der Waals surface area contributed by atoms with E-state index in [0.29, 0.717) is 5.92 Å². The Morgan fingerprint density at radius 3 is 3.05 bits per heavy atom. The highest BCUT2D eigenvalue weighted by Gasteiger charge is 2.29. The average molecular weight is 302 g/mol. The van der Waals surface area contributed by atoms with E-state index in [2.05, 4.69) is 35.8 Å². The minimum absolute atomic E-state index is 0.643. The maximum atomic E-state index is 4.36. The zero-order valence-electron chi connectivity index (χ0n) is 12.0. The number of hydrogen-bond acceptors (Lipinski definition) is 7. The summed E-state index contributed by atoms with van der Waals surface area (Å²) in [5.41, 5.74) is 2.59. The minimum atomic E-state index is 0.643. The van der Waals surface area contributed by atoms with Crippen molar-refractivity contribution in [2.75, 3.05) is 29.9 Å². The summed E-state index contributed by atoms with van der Waals surface area (Å²) in [7, 11) is 0. The molecule has 0 aromatic carbocycles. The molecular weight excluding hydrogens is 284 g/mol. The van der Waals surface area contributed by atoms with Gasteiger partial charge in [-0.2, -0.15) is 9.47 Å². The Hall–Kier alpha value is -1.76. The van der Waals surface area contributed by atoms with Gasteiger partial charge in [0.1, 0.15) is 5.82 Å². The van der Waals surface area contributed by atoms with Gasteiger partial charge in [-0.15, -0.1) is 5.10 Å². The Morgan fingerprint density at radius 1 is 1.33 bits per heavy atom. The summed E-state index contributed by atoms with van der Waals surface area (Å²) in [4.78, 5) is 6.63. The Morgan fingerprint density at radius 2 is 2.24 bits per heavy atom. The summed E-state index contributed by atoms with van der Waals surface area (Å²) in [6.07, 6.45) is 3.48. The molecule has 1 N–H and O–H groups in total. The number of anilines is 2. The Labute approximate surface area is 127 Å². The Bertz CT molecular complexity index is 649. The summed E-state index contributed by atoms with van der Waals surface area (Å²) in [6, 6.07) is 2.23. The molecule has 1 aliphatic heterocycles. The van der Waals surface area contributed by atoms with Crippen LogP contribution in [-0.4, -0.2) is 39.2 Å². The van der Waals surface area contributed by atoms with E-state index in [-0.39, 0.29) is 0 Å². The molecule has 0 amide bonds. The summed E-state index contributed by atoms with van der Waals surface area (Å²) in [5, 5.41) is 13.0. The quantitative estimate of drug-likeness (QED) is 0.927. The number of rotatable bonds is 4. The van der Waals surface area contributed by atoms with Crippen molar-refractivity contribution in [2.24, 2.45) is 5.92 Å². The van der Waals surface area contributed by atoms with Gasteiger partial charge in [-0.1, -0.05) is 0 Å². The van der Waals surface area contributed by atoms with Crippen molar-refractivity contribution in [2.45, 2.75) is 26.2 Å². The smallest absolute Gasteiger partial charge is 0.202 e. The Balaban J connectivity index is 1.31. The van der Waals surface area contributed by atoms with Gasteiger partial charge in [0.25, 0.3) is 0 Å². The molecule has 0 saturated carbocycles. The SMILES string of the molecule is Cc1nsc(NCC2CN(c3cc4c(nn3)CCC4)C2)n1. The van der Waals surface area contributed by atoms with Crippen LogP contribution in [0.4, 0.5) is 10.9 Å². The normalized spacial score (nSPS) is 17.7. The highest BCUT2D eigenvalue weighted by molar-refractivity contribution is 7.09. The van der Waals surface area contributed by atoms with E-state index < -0.39 is 0 Å². The molecular formula is C14H18N6S. The molecule has 0 atom stereocenters. The third kappa shape index (κ3) is 2.57. The molecule has 0 unspecified atom stereocenters. The molecule has 2 aromatic rings. The fourth-order valence-electron chi connectivity index (χ4n) is 2.96. The lowest BCUT2D eigenvalue weighted by atomic mass is 10.00. The van der Waals surface area contributed by atoms with Gasteiger partial charge in [-0.05, 0) is 37.8 Å². The van der Waals surface area contributed by atoms with E-state index in [1.54, 1.807) is 0 Å². The number of nitrogens with one attached hydrogen (secondary N) is 1. The first-order chi connectivity index (χ1) is 10.3. The molecule has 110 valence electrons. The second-order valence-corrected chi connectivity index (χ2v) is 6.58. The van der Waals surface area contributed by atoms with Gasteiger partial charge in [0.2, 0.25) is 5.13 Å². The molecule has 2 aliphatic rings. The third-order valence-corrected chi connectivity index (χ3v) is 4.92. The summed E-state index contributed by atoms with van der Waals surface area (Å²) in [6.45, 7) is 4.94. The van der Waals surface area contributed by atoms with Gasteiger partial charge in [0.15, 0.2) is 5.82 Å². The predicted molar refractivity (Wildman–Crippen MR) is 82.9 cm³/mol. The van der Waals surface area contributed by atoms with Crippen LogP contribution in [0.25, 0.3) is 0 Å². The van der Waals surface area contributed by atoms with Gasteiger partial charge in [-0.25, -0.2) is 4.98 Å². The van der Waals surface area contributed by atoms with Crippen LogP contribution in [-0.2, 0) is 12.8 Å². The second kappa shape index (κ2) is 5.22. The third-order valence-electron chi connectivity index (χ3n) is 4.16. The number of fused-ring (bicyclic) bond motifs is 1. The van der Waals surface area contributed by atoms with Crippen molar-refractivity contribution in [3.05, 3.63) is 23.1 Å². The van der Waals surface area contributed by atoms with Crippen LogP contribution in [0.2, 0.25) is 0 Å². The van der Waals surface area contributed by atoms with Crippen molar-refractivity contribution in [3.63, 3.8) is 0 Å². The lowest BCUT2D eigenvalue weighted by Crippen LogP contribution is -2.50. The highest BCUT2D eigenvalue weighted by Crippen LogP contribution is 2.27. The highest BCUT2D eigenvalue weighted by atomic mass is 32.1. The van der Waals surface area contributed by atoms with Crippen LogP contribution in [0, 0.1) is 12.8 Å². The Kier molecular flexibility index (Phi) is 3.21. The first kappa shape index (κ1) is 12.9. The van der Waals surface area contributed by atoms with Crippen molar-refractivity contribution < 1.29 is 0 Å². The fraction of sp³-hybridized carbons (Fsp3) is 0.571. The van der Waals surface area contributed by atoms with Crippen molar-refractivity contribution in [1.29, 1.82) is 0 Å². The molecule has 1 saturated heterocycles. The summed E-state index contributed by atoms with van der Waals surface area (Å²) >= 11 is 1.43. The zero-order valence-corrected chi connectivity index (χ0v) is 12.9. The molecule has 3 heterocycles. The molecule has 4 rings (SSSR count). The maximum absolute atomic E-state index is 4.36. The van der Waals surface area contributed by atoms with Gasteiger partial charge < -0.3 is 10.2 Å². The molecule has 0 radical (unpaired) electrons. The summed E-state index contributed by atoms with van der Waals surface area (Å²) < 4.78 is 4.17. The van der Waals surface area contributed by atoms with Gasteiger partial charge >= 0.3 is 0 Å². The number of hydrogen-bond donors (Lipinski definition) is 1. The van der Waals surface area contributed by atoms with Gasteiger partial charge in [-0.3, -0.25) is 0 Å². The van der Waals surface area contributed by atoms with Crippen LogP contribution in [0.15, 0.2) is 6.07 Å². The standard InChI is InChI=1S/C14H18N6S/c1-9-16-14(21-19-9)15-6-10-7-20(8-10)13-5-11-3-2-4-12(11)17-18-13/h5,10H,2-4,6-8H2,1H3,(H,15,16,19). The molecule has 1 aliphatic carbocycles. The van der Waals surface area contributed by atoms with Gasteiger partial charge in [0, 0.05) is 37.1 Å². The lowest BCUT2D eigenvalue weighted by Gasteiger charge is -2.40. The average Bonchev–Trinajstić information content (AvgIpc) is 3.05. The van der Waals surface area contributed by atoms with E-state index >= 15 is 0 Å². The number of aryl methyl sites for hydroxylation is 3. The van der Waals surface area contributed by atoms with Crippen molar-refractivity contribution in [1.82, 2.24) is 19.6 Å². The molecule has 1 fully saturated rings. The largest absolute Gasteiger partial charge is 0.360 e. The molecule has 2 aromatic heterocycles. The number of nitrogens with zero attached hydrogens (tertiary/aromatic N) is 5. The van der Waals surface area contributed by atoms with Gasteiger partial charge in [0.05, 0.1) is 5.69 Å². The van der Waals surface area contributed by atoms with Crippen LogP contribution in [0.5, 0.6) is 0 Å². The van der Waals surface area contributed by atoms with Crippen molar-refractivity contribution in [3.8, 4) is 0 Å². The monoisotopic (exact) mass is 302 g/mol. The first-order valence-electron chi connectivity index (χ1n) is 7.42. The molecule has 21 heavy (non-hydrogen) atoms. The summed E-state index contributed by atoms with van der Waals surface area (Å²) in [5.74, 6) is 2.52. The minimum Gasteiger partial charge on any atom is -0.360 e. The van der Waals surface area contributed by atoms with E-state index in [1.165, 1.54) is 29.2 Å². The van der Waals surface area contributed by atoms with Crippen molar-refractivity contribution >= 4 is 22.5 Å². The molecule has 7 heteroatoms.